The van der Waals surface area contributed by atoms with E-state index in [1.54, 1.807) is 13.2 Å². The van der Waals surface area contributed by atoms with Crippen molar-refractivity contribution in [2.24, 2.45) is 0 Å². The Hall–Kier alpha value is -3.06. The number of para-hydroxylation sites is 1. The first-order valence-corrected chi connectivity index (χ1v) is 11.6. The molecule has 7 heteroatoms. The largest absolute Gasteiger partial charge is 0.497 e. The second-order valence-electron chi connectivity index (χ2n) is 7.58. The van der Waals surface area contributed by atoms with Crippen LogP contribution in [0.5, 0.6) is 5.75 Å². The van der Waals surface area contributed by atoms with Crippen molar-refractivity contribution in [3.8, 4) is 17.1 Å². The molecule has 2 unspecified atom stereocenters. The Morgan fingerprint density at radius 1 is 1.19 bits per heavy atom. The zero-order chi connectivity index (χ0) is 23.1. The van der Waals surface area contributed by atoms with Crippen LogP contribution < -0.4 is 10.1 Å². The zero-order valence-electron chi connectivity index (χ0n) is 19.0. The van der Waals surface area contributed by atoms with Gasteiger partial charge in [0.05, 0.1) is 12.4 Å². The summed E-state index contributed by atoms with van der Waals surface area (Å²) in [6, 6.07) is 15.6. The van der Waals surface area contributed by atoms with E-state index in [9.17, 15) is 4.79 Å². The number of aromatic nitrogens is 3. The standard InChI is InChI=1S/C25H30N4O2S/c1-6-16-29-23(19-12-14-20(31-5)15-13-19)27-28-25(29)32-18(4)24(30)26-22-11-9-8-10-21(22)17(3)7-2/h6,8-15,17-18H,1,7,16H2,2-5H3,(H,26,30). The second kappa shape index (κ2) is 11.0. The molecule has 0 aliphatic heterocycles. The maximum absolute atomic E-state index is 13.0. The molecule has 0 aliphatic rings. The summed E-state index contributed by atoms with van der Waals surface area (Å²) in [5.74, 6) is 1.81. The van der Waals surface area contributed by atoms with Crippen LogP contribution in [0.1, 0.15) is 38.7 Å². The molecule has 0 radical (unpaired) electrons. The summed E-state index contributed by atoms with van der Waals surface area (Å²) in [5, 5.41) is 12.2. The number of carbonyl (C=O) groups is 1. The van der Waals surface area contributed by atoms with Gasteiger partial charge in [0.25, 0.3) is 0 Å². The first-order chi connectivity index (χ1) is 15.5. The van der Waals surface area contributed by atoms with E-state index >= 15 is 0 Å². The Kier molecular flexibility index (Phi) is 8.11. The molecule has 3 aromatic rings. The second-order valence-corrected chi connectivity index (χ2v) is 8.89. The van der Waals surface area contributed by atoms with Gasteiger partial charge in [-0.15, -0.1) is 16.8 Å². The summed E-state index contributed by atoms with van der Waals surface area (Å²) in [6.07, 6.45) is 2.81. The van der Waals surface area contributed by atoms with Gasteiger partial charge in [-0.25, -0.2) is 0 Å². The molecule has 1 N–H and O–H groups in total. The van der Waals surface area contributed by atoms with E-state index in [1.807, 2.05) is 54.0 Å². The lowest BCUT2D eigenvalue weighted by Crippen LogP contribution is -2.23. The number of amides is 1. The van der Waals surface area contributed by atoms with Crippen LogP contribution in [-0.2, 0) is 11.3 Å². The summed E-state index contributed by atoms with van der Waals surface area (Å²) in [7, 11) is 1.64. The molecule has 1 aromatic heterocycles. The molecule has 2 atom stereocenters. The minimum atomic E-state index is -0.350. The van der Waals surface area contributed by atoms with E-state index < -0.39 is 0 Å². The molecule has 0 bridgehead atoms. The van der Waals surface area contributed by atoms with Crippen molar-refractivity contribution in [1.29, 1.82) is 0 Å². The lowest BCUT2D eigenvalue weighted by molar-refractivity contribution is -0.115. The van der Waals surface area contributed by atoms with Crippen LogP contribution in [0.4, 0.5) is 5.69 Å². The average molecular weight is 451 g/mol. The smallest absolute Gasteiger partial charge is 0.237 e. The molecule has 0 saturated carbocycles. The van der Waals surface area contributed by atoms with Crippen LogP contribution in [0.25, 0.3) is 11.4 Å². The van der Waals surface area contributed by atoms with Crippen molar-refractivity contribution in [3.05, 3.63) is 66.7 Å². The van der Waals surface area contributed by atoms with Gasteiger partial charge in [0.1, 0.15) is 5.75 Å². The van der Waals surface area contributed by atoms with Crippen LogP contribution in [0, 0.1) is 0 Å². The van der Waals surface area contributed by atoms with Gasteiger partial charge in [-0.3, -0.25) is 9.36 Å². The van der Waals surface area contributed by atoms with E-state index in [-0.39, 0.29) is 11.2 Å². The van der Waals surface area contributed by atoms with E-state index in [4.69, 9.17) is 4.74 Å². The summed E-state index contributed by atoms with van der Waals surface area (Å²) < 4.78 is 7.21. The molecule has 6 nitrogen and oxygen atoms in total. The fourth-order valence-corrected chi connectivity index (χ4v) is 4.19. The van der Waals surface area contributed by atoms with Crippen LogP contribution in [0.2, 0.25) is 0 Å². The number of benzene rings is 2. The van der Waals surface area contributed by atoms with Gasteiger partial charge < -0.3 is 10.1 Å². The highest BCUT2D eigenvalue weighted by atomic mass is 32.2. The maximum atomic E-state index is 13.0. The quantitative estimate of drug-likeness (QED) is 0.314. The van der Waals surface area contributed by atoms with Crippen LogP contribution in [0.3, 0.4) is 0 Å². The van der Waals surface area contributed by atoms with Gasteiger partial charge in [-0.1, -0.05) is 49.9 Å². The van der Waals surface area contributed by atoms with Crippen LogP contribution in [-0.4, -0.2) is 33.0 Å². The van der Waals surface area contributed by atoms with E-state index in [2.05, 4.69) is 42.0 Å². The van der Waals surface area contributed by atoms with Crippen molar-refractivity contribution in [2.45, 2.75) is 50.1 Å². The van der Waals surface area contributed by atoms with Gasteiger partial charge in [-0.05, 0) is 55.2 Å². The number of nitrogens with one attached hydrogen (secondary N) is 1. The number of hydrogen-bond acceptors (Lipinski definition) is 5. The molecule has 0 aliphatic carbocycles. The summed E-state index contributed by atoms with van der Waals surface area (Å²) in [5.41, 5.74) is 2.94. The topological polar surface area (TPSA) is 69.0 Å². The third kappa shape index (κ3) is 5.40. The van der Waals surface area contributed by atoms with Crippen molar-refractivity contribution in [1.82, 2.24) is 14.8 Å². The van der Waals surface area contributed by atoms with E-state index in [0.717, 1.165) is 34.8 Å². The Morgan fingerprint density at radius 2 is 1.91 bits per heavy atom. The predicted octanol–water partition coefficient (Wildman–Crippen LogP) is 5.77. The van der Waals surface area contributed by atoms with Crippen LogP contribution >= 0.6 is 11.8 Å². The molecule has 1 amide bonds. The van der Waals surface area contributed by atoms with Gasteiger partial charge in [-0.2, -0.15) is 0 Å². The number of ether oxygens (including phenoxy) is 1. The molecule has 2 aromatic carbocycles. The number of anilines is 1. The number of hydrogen-bond donors (Lipinski definition) is 1. The van der Waals surface area contributed by atoms with Gasteiger partial charge in [0, 0.05) is 17.8 Å². The number of allylic oxidation sites excluding steroid dienone is 1. The minimum absolute atomic E-state index is 0.0649. The van der Waals surface area contributed by atoms with Crippen molar-refractivity contribution >= 4 is 23.4 Å². The third-order valence-electron chi connectivity index (χ3n) is 5.39. The molecule has 0 fully saturated rings. The van der Waals surface area contributed by atoms with Gasteiger partial charge in [0.2, 0.25) is 5.91 Å². The number of carbonyl (C=O) groups excluding carboxylic acids is 1. The average Bonchev–Trinajstić information content (AvgIpc) is 3.21. The Labute approximate surface area is 194 Å². The molecule has 1 heterocycles. The summed E-state index contributed by atoms with van der Waals surface area (Å²) >= 11 is 1.39. The molecular formula is C25H30N4O2S. The number of methoxy groups -OCH3 is 1. The van der Waals surface area contributed by atoms with Crippen molar-refractivity contribution in [3.63, 3.8) is 0 Å². The molecule has 32 heavy (non-hydrogen) atoms. The highest BCUT2D eigenvalue weighted by Crippen LogP contribution is 2.30. The van der Waals surface area contributed by atoms with Crippen molar-refractivity contribution in [2.75, 3.05) is 12.4 Å². The van der Waals surface area contributed by atoms with Crippen molar-refractivity contribution < 1.29 is 9.53 Å². The highest BCUT2D eigenvalue weighted by molar-refractivity contribution is 8.00. The highest BCUT2D eigenvalue weighted by Gasteiger charge is 2.21. The normalized spacial score (nSPS) is 12.8. The van der Waals surface area contributed by atoms with E-state index in [0.29, 0.717) is 17.6 Å². The van der Waals surface area contributed by atoms with Crippen LogP contribution in [0.15, 0.2) is 66.3 Å². The number of rotatable bonds is 10. The first kappa shape index (κ1) is 23.6. The lowest BCUT2D eigenvalue weighted by Gasteiger charge is -2.17. The predicted molar refractivity (Wildman–Crippen MR) is 131 cm³/mol. The molecule has 168 valence electrons. The summed E-state index contributed by atoms with van der Waals surface area (Å²) in [6.45, 7) is 10.6. The molecule has 3 rings (SSSR count). The van der Waals surface area contributed by atoms with E-state index in [1.165, 1.54) is 11.8 Å². The minimum Gasteiger partial charge on any atom is -0.497 e. The number of thioether (sulfide) groups is 1. The lowest BCUT2D eigenvalue weighted by atomic mass is 9.97. The Morgan fingerprint density at radius 3 is 2.56 bits per heavy atom. The SMILES string of the molecule is C=CCn1c(SC(C)C(=O)Nc2ccccc2C(C)CC)nnc1-c1ccc(OC)cc1. The van der Waals surface area contributed by atoms with Gasteiger partial charge in [0.15, 0.2) is 11.0 Å². The third-order valence-corrected chi connectivity index (χ3v) is 6.47. The monoisotopic (exact) mass is 450 g/mol. The zero-order valence-corrected chi connectivity index (χ0v) is 19.9. The maximum Gasteiger partial charge on any atom is 0.237 e. The fourth-order valence-electron chi connectivity index (χ4n) is 3.33. The van der Waals surface area contributed by atoms with Gasteiger partial charge >= 0.3 is 0 Å². The molecule has 0 spiro atoms. The fraction of sp³-hybridized carbons (Fsp3) is 0.320. The summed E-state index contributed by atoms with van der Waals surface area (Å²) in [4.78, 5) is 13.0. The molecular weight excluding hydrogens is 420 g/mol. The Balaban J connectivity index is 1.78. The first-order valence-electron chi connectivity index (χ1n) is 10.7. The number of nitrogens with zero attached hydrogens (tertiary/aromatic N) is 3. The molecule has 0 saturated heterocycles. The Bertz CT molecular complexity index is 1060.